The molecule has 0 aromatic heterocycles. The smallest absolute Gasteiger partial charge is 0.369 e. The minimum absolute atomic E-state index is 0.0215. The highest BCUT2D eigenvalue weighted by molar-refractivity contribution is 7.87. The van der Waals surface area contributed by atoms with Crippen molar-refractivity contribution in [3.05, 3.63) is 30.3 Å². The summed E-state index contributed by atoms with van der Waals surface area (Å²) in [6, 6.07) is 6.42. The molecule has 33 atom stereocenters. The van der Waals surface area contributed by atoms with Crippen LogP contribution in [0.4, 0.5) is 0 Å². The first-order chi connectivity index (χ1) is 66.8. The van der Waals surface area contributed by atoms with Crippen LogP contribution in [-0.2, 0) is 143 Å². The summed E-state index contributed by atoms with van der Waals surface area (Å²) in [6.45, 7) is 20.7. The van der Waals surface area contributed by atoms with E-state index in [1.54, 1.807) is 47.6 Å². The maximum Gasteiger partial charge on any atom is 0.369 e. The van der Waals surface area contributed by atoms with Crippen molar-refractivity contribution >= 4 is 95.0 Å². The van der Waals surface area contributed by atoms with E-state index >= 15 is 0 Å². The minimum atomic E-state index is -4.08. The van der Waals surface area contributed by atoms with Crippen LogP contribution in [0.15, 0.2) is 35.2 Å². The number of carbonyl (C=O) groups excluding carboxylic acids is 11. The molecule has 5 aliphatic heterocycles. The largest absolute Gasteiger partial charge is 0.463 e. The van der Waals surface area contributed by atoms with Crippen LogP contribution in [0, 0.1) is 59.2 Å². The molecule has 146 heavy (non-hydrogen) atoms. The summed E-state index contributed by atoms with van der Waals surface area (Å²) in [5, 5.41) is 206. The maximum absolute atomic E-state index is 12.6. The molecule has 1 aromatic rings. The molecule has 0 radical (unpaired) electrons. The number of Topliss-reactive ketones (excluding diaryl/α,β-unsaturated/α-hetero) is 5. The molecule has 0 aliphatic carbocycles. The highest BCUT2D eigenvalue weighted by atomic mass is 32.2. The second-order valence-electron chi connectivity index (χ2n) is 38.6. The molecule has 0 saturated carbocycles. The van der Waals surface area contributed by atoms with Gasteiger partial charge in [0.1, 0.15) is 55.2 Å². The number of likely N-dealkylation sites (N-methyl/N-ethyl adjacent to an activating group) is 1. The summed E-state index contributed by atoms with van der Waals surface area (Å²) in [6.07, 6.45) is -30.7. The lowest BCUT2D eigenvalue weighted by atomic mass is 9.80. The summed E-state index contributed by atoms with van der Waals surface area (Å²) >= 11 is 0. The summed E-state index contributed by atoms with van der Waals surface area (Å²) in [5.41, 5.74) is 5.64. The molecule has 52 nitrogen and oxygen atoms in total. The van der Waals surface area contributed by atoms with Crippen molar-refractivity contribution in [3.63, 3.8) is 0 Å². The molecule has 27 unspecified atom stereocenters. The van der Waals surface area contributed by atoms with E-state index in [0.717, 1.165) is 31.9 Å². The van der Waals surface area contributed by atoms with Crippen molar-refractivity contribution in [2.75, 3.05) is 72.5 Å². The Morgan fingerprint density at radius 1 is 0.425 bits per heavy atom. The minimum Gasteiger partial charge on any atom is -0.463 e. The summed E-state index contributed by atoms with van der Waals surface area (Å²) in [5.74, 6) is -26.9. The third-order valence-electron chi connectivity index (χ3n) is 25.0. The number of aliphatic hydroxyl groups excluding tert-OH is 15. The van der Waals surface area contributed by atoms with E-state index in [1.165, 1.54) is 79.9 Å². The van der Waals surface area contributed by atoms with Gasteiger partial charge in [0.2, 0.25) is 24.2 Å². The molecule has 5 heterocycles. The topological polar surface area (TPSA) is 844 Å². The number of esters is 5. The second kappa shape index (κ2) is 59.4. The Balaban J connectivity index is 0.000000624. The van der Waals surface area contributed by atoms with Gasteiger partial charge in [-0.2, -0.15) is 25.3 Å². The maximum atomic E-state index is 12.6. The Morgan fingerprint density at radius 3 is 1.04 bits per heavy atom. The van der Waals surface area contributed by atoms with Gasteiger partial charge in [-0.05, 0) is 71.4 Å². The van der Waals surface area contributed by atoms with Crippen LogP contribution in [-0.4, -0.2) is 427 Å². The van der Waals surface area contributed by atoms with Gasteiger partial charge in [0.05, 0.1) is 146 Å². The number of benzene rings is 1. The van der Waals surface area contributed by atoms with Gasteiger partial charge in [-0.15, -0.1) is 0 Å². The van der Waals surface area contributed by atoms with Gasteiger partial charge in [0, 0.05) is 129 Å². The molecule has 22 N–H and O–H groups in total. The number of ether oxygens (including phenoxy) is 10. The molecule has 5 aliphatic rings. The van der Waals surface area contributed by atoms with Gasteiger partial charge in [-0.25, -0.2) is 9.59 Å². The number of hydrogen-bond donors (Lipinski definition) is 21. The van der Waals surface area contributed by atoms with Gasteiger partial charge in [0.25, 0.3) is 47.8 Å². The van der Waals surface area contributed by atoms with Crippen LogP contribution >= 0.6 is 0 Å². The molecule has 0 bridgehead atoms. The van der Waals surface area contributed by atoms with E-state index < -0.39 is 366 Å². The fourth-order valence-electron chi connectivity index (χ4n) is 15.5. The molecule has 5 saturated heterocycles. The quantitative estimate of drug-likeness (QED) is 0.0125. The van der Waals surface area contributed by atoms with Gasteiger partial charge in [-0.1, -0.05) is 73.6 Å². The molecule has 0 spiro atoms. The summed E-state index contributed by atoms with van der Waals surface area (Å²) in [4.78, 5) is 132. The summed E-state index contributed by atoms with van der Waals surface area (Å²) in [7, 11) is -8.69. The zero-order valence-corrected chi connectivity index (χ0v) is 87.9. The van der Waals surface area contributed by atoms with Crippen LogP contribution < -0.4 is 5.73 Å². The van der Waals surface area contributed by atoms with E-state index in [-0.39, 0.29) is 66.3 Å². The number of ketones is 5. The van der Waals surface area contributed by atoms with Crippen molar-refractivity contribution in [2.24, 2.45) is 64.9 Å². The average molecular weight is 2170 g/mol. The predicted octanol–water partition coefficient (Wildman–Crippen LogP) is -6.15. The third-order valence-corrected chi connectivity index (χ3v) is 28.1. The average Bonchev–Trinajstić information content (AvgIpc) is 0.775. The Labute approximate surface area is 847 Å². The molecular formula is C91H154N2O50S3. The zero-order valence-electron chi connectivity index (χ0n) is 85.5. The normalized spacial score (nSPS) is 30.2. The highest BCUT2D eigenvalue weighted by Gasteiger charge is 2.59. The van der Waals surface area contributed by atoms with Crippen LogP contribution in [0.5, 0.6) is 0 Å². The zero-order chi connectivity index (χ0) is 113. The number of nitrogens with zero attached hydrogens (tertiary/aromatic N) is 1. The van der Waals surface area contributed by atoms with E-state index in [2.05, 4.69) is 8.37 Å². The van der Waals surface area contributed by atoms with Gasteiger partial charge >= 0.3 is 29.8 Å². The van der Waals surface area contributed by atoms with Crippen molar-refractivity contribution in [3.8, 4) is 0 Å². The van der Waals surface area contributed by atoms with Crippen LogP contribution in [0.25, 0.3) is 0 Å². The number of aliphatic hydroxyl groups is 20. The Bertz CT molecular complexity index is 4690. The predicted molar refractivity (Wildman–Crippen MR) is 498 cm³/mol. The molecule has 6 rings (SSSR count). The molecule has 1 aromatic carbocycles. The molecule has 846 valence electrons. The highest BCUT2D eigenvalue weighted by Crippen LogP contribution is 2.43. The van der Waals surface area contributed by atoms with E-state index in [1.807, 2.05) is 13.8 Å². The number of nitrogens with two attached hydrogens (primary N) is 1. The van der Waals surface area contributed by atoms with Crippen molar-refractivity contribution in [2.45, 2.75) is 344 Å². The Morgan fingerprint density at radius 2 is 0.747 bits per heavy atom. The lowest BCUT2D eigenvalue weighted by molar-refractivity contribution is -0.308. The number of amides is 1. The van der Waals surface area contributed by atoms with Gasteiger partial charge in [0.15, 0.2) is 24.0 Å². The van der Waals surface area contributed by atoms with E-state index in [4.69, 9.17) is 57.3 Å². The summed E-state index contributed by atoms with van der Waals surface area (Å²) < 4.78 is 134. The Hall–Kier alpha value is -6.92. The molecule has 5 fully saturated rings. The van der Waals surface area contributed by atoms with Crippen LogP contribution in [0.1, 0.15) is 182 Å². The molecule has 1 amide bonds. The van der Waals surface area contributed by atoms with Crippen LogP contribution in [0.2, 0.25) is 0 Å². The van der Waals surface area contributed by atoms with E-state index in [0.29, 0.717) is 0 Å². The monoisotopic (exact) mass is 2170 g/mol. The fourth-order valence-corrected chi connectivity index (χ4v) is 17.4. The number of hydrogen-bond acceptors (Lipinski definition) is 51. The first-order valence-electron chi connectivity index (χ1n) is 47.0. The standard InChI is InChI=1S/C24H41NO12.C22H37NO11.C18H26O9S.C14H26O9S.C13H24O9S/c1-11(2)14(6)21(30)34-9-17(28)19(29)20-15(7-13(5)26)16(27)8-24(33,37-20)23(32)36-10-35-22(31)18(25)12(3)4;1-11(2)13(4)20(29)32-9-16(26)18(28)19-14(7-12(3)24)15(25)8-22(31,34-19)21(30)33-10-17(27)23(5)6;1-11(19)17-15(22)9-18(23,12(2)20)27-16(17)8-13(21)10-26-28(24,25)14-6-4-3-5-7-14;1-4-24(20,21)22-7-10(17)5-12-13(8(2)15)11(18)6-14(19,23-12)9(3)16;1-7(14)12-10(17)5-13(18,8(2)15)22-11(12)4-9(16)6-21-23(3,19)20/h11-12,14-20,27-29,33H,7-10,25H2,1-6H3;11,13-16,18-19,25-26,28,31H,7-10H2,1-6H3;3-7,11,13,15-17,19,21-23H,8-10H2,1-2H3;8,10-13,15,17-19H,4-7H2,1-3H3;7,9-12,14,16-18H,4-6H2,1-3H3/t;;11-,13+,15?,16?,17?,18?;8-,10+,11?,12?,13?,14?;7-,9+,10?,11?,12?,13?/m..111/s1. The molecule has 55 heteroatoms. The first-order valence-corrected chi connectivity index (χ1v) is 51.8. The second-order valence-corrected chi connectivity index (χ2v) is 43.8. The Kier molecular flexibility index (Phi) is 54.9. The fraction of sp³-hybridized carbons (Fsp3) is 0.813. The number of carbonyl (C=O) groups is 11. The lowest BCUT2D eigenvalue weighted by Gasteiger charge is -2.45. The van der Waals surface area contributed by atoms with E-state index in [9.17, 15) is 180 Å². The SMILES string of the molecule is CC(=O)C1(O)CC(O)C([C@@H](C)O)C(C[C@H](O)COS(=O)(=O)c2ccccc2)O1.CC(=O)C1(O)CC(O)C([C@@H](C)O)C(C[C@H](O)COS(C)(=O)=O)O1.CC(=O)CC1C(O)CC(O)(C(=O)OCC(=O)N(C)C)OC1C(O)C(O)COC(=O)C(C)C(C)C.CC(=O)CC1C(O)CC(O)(C(=O)OCOC(=O)C(N)C(C)C)OC1C(O)C(O)COC(=O)C(C)C(C)C.CCS(=O)(=O)OC[C@@H](O)CC1OC(O)(C(C)=O)CC(O)C1[C@@H](C)O. The first kappa shape index (κ1) is 135. The van der Waals surface area contributed by atoms with Crippen molar-refractivity contribution in [1.29, 1.82) is 0 Å². The number of rotatable bonds is 47. The van der Waals surface area contributed by atoms with Crippen molar-refractivity contribution < 1.29 is 240 Å². The van der Waals surface area contributed by atoms with Crippen molar-refractivity contribution in [1.82, 2.24) is 4.90 Å². The molecular weight excluding hydrogens is 2020 g/mol. The lowest BCUT2D eigenvalue weighted by Crippen LogP contribution is -2.61. The third kappa shape index (κ3) is 42.3. The van der Waals surface area contributed by atoms with Gasteiger partial charge in [-0.3, -0.25) is 46.1 Å². The van der Waals surface area contributed by atoms with Crippen LogP contribution in [0.3, 0.4) is 0 Å². The van der Waals surface area contributed by atoms with Gasteiger partial charge < -0.3 is 170 Å².